The summed E-state index contributed by atoms with van der Waals surface area (Å²) in [7, 11) is 0. The van der Waals surface area contributed by atoms with Gasteiger partial charge in [-0.1, -0.05) is 30.3 Å². The van der Waals surface area contributed by atoms with Gasteiger partial charge in [0.05, 0.1) is 5.92 Å². The van der Waals surface area contributed by atoms with Crippen LogP contribution < -0.4 is 0 Å². The molecule has 0 spiro atoms. The topological polar surface area (TPSA) is 20.3 Å². The highest BCUT2D eigenvalue weighted by Crippen LogP contribution is 2.25. The second-order valence-electron chi connectivity index (χ2n) is 4.61. The van der Waals surface area contributed by atoms with Crippen LogP contribution in [0.25, 0.3) is 0 Å². The van der Waals surface area contributed by atoms with E-state index in [0.717, 1.165) is 24.9 Å². The van der Waals surface area contributed by atoms with Crippen molar-refractivity contribution >= 4 is 17.5 Å². The zero-order chi connectivity index (χ0) is 12.3. The quantitative estimate of drug-likeness (QED) is 0.757. The monoisotopic (exact) mass is 251 g/mol. The Morgan fingerprint density at radius 3 is 2.82 bits per heavy atom. The fraction of sp³-hybridized carbons (Fsp3) is 0.500. The first-order valence-corrected chi connectivity index (χ1v) is 6.69. The van der Waals surface area contributed by atoms with E-state index in [2.05, 4.69) is 0 Å². The third kappa shape index (κ3) is 2.63. The largest absolute Gasteiger partial charge is 0.338 e. The zero-order valence-electron chi connectivity index (χ0n) is 10.1. The van der Waals surface area contributed by atoms with E-state index >= 15 is 0 Å². The first-order valence-electron chi connectivity index (χ1n) is 6.15. The molecule has 2 atom stereocenters. The zero-order valence-corrected chi connectivity index (χ0v) is 10.9. The van der Waals surface area contributed by atoms with Crippen LogP contribution in [0.5, 0.6) is 0 Å². The predicted octanol–water partition coefficient (Wildman–Crippen LogP) is 3.02. The molecule has 0 saturated carbocycles. The van der Waals surface area contributed by atoms with Crippen LogP contribution in [-0.2, 0) is 4.79 Å². The summed E-state index contributed by atoms with van der Waals surface area (Å²) in [5.74, 6) is 0.687. The molecule has 1 aromatic carbocycles. The van der Waals surface area contributed by atoms with Gasteiger partial charge < -0.3 is 4.90 Å². The fourth-order valence-electron chi connectivity index (χ4n) is 2.42. The molecule has 1 aliphatic heterocycles. The van der Waals surface area contributed by atoms with Crippen molar-refractivity contribution in [1.29, 1.82) is 0 Å². The Labute approximate surface area is 108 Å². The lowest BCUT2D eigenvalue weighted by Gasteiger charge is -2.26. The van der Waals surface area contributed by atoms with Crippen molar-refractivity contribution in [2.75, 3.05) is 12.4 Å². The van der Waals surface area contributed by atoms with Gasteiger partial charge in [-0.25, -0.2) is 0 Å². The minimum absolute atomic E-state index is 0.0694. The van der Waals surface area contributed by atoms with Gasteiger partial charge in [0.25, 0.3) is 0 Å². The molecule has 1 saturated heterocycles. The molecule has 0 radical (unpaired) electrons. The smallest absolute Gasteiger partial charge is 0.230 e. The number of alkyl halides is 1. The minimum atomic E-state index is -0.0694. The molecule has 2 nitrogen and oxygen atoms in total. The highest BCUT2D eigenvalue weighted by molar-refractivity contribution is 6.18. The molecule has 3 heteroatoms. The van der Waals surface area contributed by atoms with E-state index in [4.69, 9.17) is 11.6 Å². The maximum Gasteiger partial charge on any atom is 0.230 e. The number of halogens is 1. The molecule has 2 unspecified atom stereocenters. The average molecular weight is 252 g/mol. The molecule has 0 aromatic heterocycles. The summed E-state index contributed by atoms with van der Waals surface area (Å²) in [5.41, 5.74) is 1.08. The van der Waals surface area contributed by atoms with Gasteiger partial charge in [-0.15, -0.1) is 11.6 Å². The normalized spacial score (nSPS) is 21.5. The van der Waals surface area contributed by atoms with Gasteiger partial charge >= 0.3 is 0 Å². The molecular formula is C14H18ClNO. The molecule has 0 aliphatic carbocycles. The number of hydrogen-bond acceptors (Lipinski definition) is 1. The molecule has 17 heavy (non-hydrogen) atoms. The summed E-state index contributed by atoms with van der Waals surface area (Å²) in [6, 6.07) is 10.2. The van der Waals surface area contributed by atoms with Crippen LogP contribution in [0, 0.1) is 0 Å². The van der Waals surface area contributed by atoms with Gasteiger partial charge in [0.2, 0.25) is 5.91 Å². The van der Waals surface area contributed by atoms with Crippen molar-refractivity contribution in [1.82, 2.24) is 4.90 Å². The SMILES string of the molecule is CC(C(=O)N1CCCC1CCl)c1ccccc1. The summed E-state index contributed by atoms with van der Waals surface area (Å²) in [6.45, 7) is 2.83. The van der Waals surface area contributed by atoms with Crippen LogP contribution in [-0.4, -0.2) is 29.3 Å². The molecule has 0 bridgehead atoms. The molecule has 1 heterocycles. The van der Waals surface area contributed by atoms with Gasteiger partial charge in [-0.3, -0.25) is 4.79 Å². The van der Waals surface area contributed by atoms with Gasteiger partial charge in [0, 0.05) is 18.5 Å². The van der Waals surface area contributed by atoms with Crippen LogP contribution in [0.15, 0.2) is 30.3 Å². The van der Waals surface area contributed by atoms with E-state index in [1.807, 2.05) is 42.2 Å². The number of hydrogen-bond donors (Lipinski definition) is 0. The third-order valence-corrected chi connectivity index (χ3v) is 3.86. The second-order valence-corrected chi connectivity index (χ2v) is 4.92. The maximum atomic E-state index is 12.4. The number of likely N-dealkylation sites (tertiary alicyclic amines) is 1. The Morgan fingerprint density at radius 1 is 1.47 bits per heavy atom. The van der Waals surface area contributed by atoms with Gasteiger partial charge in [-0.05, 0) is 25.3 Å². The van der Waals surface area contributed by atoms with Crippen LogP contribution in [0.2, 0.25) is 0 Å². The van der Waals surface area contributed by atoms with Crippen molar-refractivity contribution in [3.8, 4) is 0 Å². The van der Waals surface area contributed by atoms with E-state index in [1.54, 1.807) is 0 Å². The molecule has 0 N–H and O–H groups in total. The molecule has 92 valence electrons. The van der Waals surface area contributed by atoms with Crippen molar-refractivity contribution < 1.29 is 4.79 Å². The van der Waals surface area contributed by atoms with E-state index in [1.165, 1.54) is 0 Å². The summed E-state index contributed by atoms with van der Waals surface area (Å²) in [6.07, 6.45) is 2.11. The highest BCUT2D eigenvalue weighted by atomic mass is 35.5. The number of benzene rings is 1. The lowest BCUT2D eigenvalue weighted by molar-refractivity contribution is -0.132. The van der Waals surface area contributed by atoms with Crippen molar-refractivity contribution in [3.05, 3.63) is 35.9 Å². The van der Waals surface area contributed by atoms with Crippen molar-refractivity contribution in [2.24, 2.45) is 0 Å². The maximum absolute atomic E-state index is 12.4. The van der Waals surface area contributed by atoms with Crippen molar-refractivity contribution in [3.63, 3.8) is 0 Å². The van der Waals surface area contributed by atoms with Crippen molar-refractivity contribution in [2.45, 2.75) is 31.7 Å². The number of carbonyl (C=O) groups is 1. The first kappa shape index (κ1) is 12.4. The van der Waals surface area contributed by atoms with Crippen LogP contribution in [0.3, 0.4) is 0 Å². The van der Waals surface area contributed by atoms with Crippen LogP contribution >= 0.6 is 11.6 Å². The molecule has 1 aromatic rings. The predicted molar refractivity (Wildman–Crippen MR) is 70.3 cm³/mol. The van der Waals surface area contributed by atoms with E-state index in [0.29, 0.717) is 5.88 Å². The van der Waals surface area contributed by atoms with Gasteiger partial charge in [0.1, 0.15) is 0 Å². The Morgan fingerprint density at radius 2 is 2.18 bits per heavy atom. The lowest BCUT2D eigenvalue weighted by Crippen LogP contribution is -2.39. The Bertz CT molecular complexity index is 379. The standard InChI is InChI=1S/C14H18ClNO/c1-11(12-6-3-2-4-7-12)14(17)16-9-5-8-13(16)10-15/h2-4,6-7,11,13H,5,8-10H2,1H3. The molecule has 1 aliphatic rings. The minimum Gasteiger partial charge on any atom is -0.338 e. The number of carbonyl (C=O) groups excluding carboxylic acids is 1. The number of rotatable bonds is 3. The fourth-order valence-corrected chi connectivity index (χ4v) is 2.74. The average Bonchev–Trinajstić information content (AvgIpc) is 2.86. The summed E-state index contributed by atoms with van der Waals surface area (Å²) in [5, 5.41) is 0. The van der Waals surface area contributed by atoms with Gasteiger partial charge in [0.15, 0.2) is 0 Å². The van der Waals surface area contributed by atoms with Crippen LogP contribution in [0.1, 0.15) is 31.2 Å². The second kappa shape index (κ2) is 5.54. The lowest BCUT2D eigenvalue weighted by atomic mass is 9.99. The first-order chi connectivity index (χ1) is 8.24. The summed E-state index contributed by atoms with van der Waals surface area (Å²) >= 11 is 5.90. The summed E-state index contributed by atoms with van der Waals surface area (Å²) in [4.78, 5) is 14.3. The van der Waals surface area contributed by atoms with E-state index < -0.39 is 0 Å². The Balaban J connectivity index is 2.10. The molecular weight excluding hydrogens is 234 g/mol. The summed E-state index contributed by atoms with van der Waals surface area (Å²) < 4.78 is 0. The molecule has 2 rings (SSSR count). The third-order valence-electron chi connectivity index (χ3n) is 3.51. The Hall–Kier alpha value is -1.02. The van der Waals surface area contributed by atoms with Crippen LogP contribution in [0.4, 0.5) is 0 Å². The number of nitrogens with zero attached hydrogens (tertiary/aromatic N) is 1. The van der Waals surface area contributed by atoms with Gasteiger partial charge in [-0.2, -0.15) is 0 Å². The Kier molecular flexibility index (Phi) is 4.06. The number of amides is 1. The molecule has 1 amide bonds. The molecule has 1 fully saturated rings. The highest BCUT2D eigenvalue weighted by Gasteiger charge is 2.31. The van der Waals surface area contributed by atoms with E-state index in [-0.39, 0.29) is 17.9 Å². The van der Waals surface area contributed by atoms with E-state index in [9.17, 15) is 4.79 Å².